The summed E-state index contributed by atoms with van der Waals surface area (Å²) in [5.74, 6) is 1.01. The van der Waals surface area contributed by atoms with E-state index >= 15 is 0 Å². The summed E-state index contributed by atoms with van der Waals surface area (Å²) in [5.41, 5.74) is 2.27. The third-order valence-electron chi connectivity index (χ3n) is 5.84. The molecule has 1 atom stereocenters. The maximum atomic E-state index is 13.1. The third-order valence-corrected chi connectivity index (χ3v) is 6.86. The number of likely N-dealkylation sites (tertiary alicyclic amines) is 1. The zero-order valence-electron chi connectivity index (χ0n) is 17.7. The first kappa shape index (κ1) is 20.8. The second-order valence-corrected chi connectivity index (χ2v) is 9.05. The Bertz CT molecular complexity index is 953. The maximum Gasteiger partial charge on any atom is 0.236 e. The van der Waals surface area contributed by atoms with Crippen molar-refractivity contribution in [3.63, 3.8) is 0 Å². The van der Waals surface area contributed by atoms with Crippen LogP contribution in [0.4, 0.5) is 0 Å². The molecule has 5 nitrogen and oxygen atoms in total. The minimum Gasteiger partial charge on any atom is -0.497 e. The molecule has 1 saturated heterocycles. The summed E-state index contributed by atoms with van der Waals surface area (Å²) in [6.45, 7) is 1.95. The Morgan fingerprint density at radius 3 is 2.73 bits per heavy atom. The topological polar surface area (TPSA) is 45.7 Å². The smallest absolute Gasteiger partial charge is 0.236 e. The average molecular weight is 424 g/mol. The lowest BCUT2D eigenvalue weighted by Gasteiger charge is -2.31. The van der Waals surface area contributed by atoms with E-state index in [9.17, 15) is 4.79 Å². The number of methoxy groups -OCH3 is 1. The SMILES string of the molecule is COc1ccc(C2CCCCCN2CC(=O)N(C)Cc2nc3ccccc3s2)cc1. The first-order valence-corrected chi connectivity index (χ1v) is 11.4. The molecule has 1 fully saturated rings. The highest BCUT2D eigenvalue weighted by atomic mass is 32.1. The molecule has 1 amide bonds. The second kappa shape index (κ2) is 9.58. The van der Waals surface area contributed by atoms with Crippen LogP contribution in [0.15, 0.2) is 48.5 Å². The van der Waals surface area contributed by atoms with E-state index in [1.54, 1.807) is 18.4 Å². The predicted molar refractivity (Wildman–Crippen MR) is 122 cm³/mol. The van der Waals surface area contributed by atoms with Crippen molar-refractivity contribution in [2.45, 2.75) is 38.3 Å². The first-order valence-electron chi connectivity index (χ1n) is 10.6. The Hall–Kier alpha value is -2.44. The van der Waals surface area contributed by atoms with Gasteiger partial charge in [-0.15, -0.1) is 11.3 Å². The molecule has 0 N–H and O–H groups in total. The molecule has 3 aromatic rings. The number of ether oxygens (including phenoxy) is 1. The maximum absolute atomic E-state index is 13.1. The van der Waals surface area contributed by atoms with E-state index in [1.807, 2.05) is 42.3 Å². The molecule has 0 bridgehead atoms. The van der Waals surface area contributed by atoms with Crippen molar-refractivity contribution in [1.29, 1.82) is 0 Å². The second-order valence-electron chi connectivity index (χ2n) is 7.93. The number of benzene rings is 2. The number of carbonyl (C=O) groups is 1. The fourth-order valence-electron chi connectivity index (χ4n) is 4.13. The Balaban J connectivity index is 1.44. The van der Waals surface area contributed by atoms with Gasteiger partial charge in [0, 0.05) is 13.1 Å². The molecule has 1 aliphatic heterocycles. The van der Waals surface area contributed by atoms with Gasteiger partial charge in [0.25, 0.3) is 0 Å². The third kappa shape index (κ3) is 4.82. The minimum atomic E-state index is 0.148. The van der Waals surface area contributed by atoms with Gasteiger partial charge in [0.15, 0.2) is 0 Å². The van der Waals surface area contributed by atoms with E-state index in [0.717, 1.165) is 35.7 Å². The number of hydrogen-bond donors (Lipinski definition) is 0. The van der Waals surface area contributed by atoms with Gasteiger partial charge in [0.05, 0.1) is 30.4 Å². The van der Waals surface area contributed by atoms with Gasteiger partial charge >= 0.3 is 0 Å². The normalized spacial score (nSPS) is 17.6. The molecule has 0 spiro atoms. The molecule has 4 rings (SSSR count). The number of carbonyl (C=O) groups excluding carboxylic acids is 1. The zero-order valence-corrected chi connectivity index (χ0v) is 18.5. The van der Waals surface area contributed by atoms with E-state index in [4.69, 9.17) is 4.74 Å². The van der Waals surface area contributed by atoms with Gasteiger partial charge in [0.2, 0.25) is 5.91 Å². The van der Waals surface area contributed by atoms with Crippen molar-refractivity contribution in [3.05, 3.63) is 59.1 Å². The molecule has 1 aliphatic rings. The van der Waals surface area contributed by atoms with Gasteiger partial charge in [-0.1, -0.05) is 37.1 Å². The molecular formula is C24H29N3O2S. The van der Waals surface area contributed by atoms with Crippen LogP contribution in [0, 0.1) is 0 Å². The van der Waals surface area contributed by atoms with Gasteiger partial charge in [-0.2, -0.15) is 0 Å². The molecule has 2 aromatic carbocycles. The molecule has 0 saturated carbocycles. The van der Waals surface area contributed by atoms with Gasteiger partial charge in [0.1, 0.15) is 10.8 Å². The molecular weight excluding hydrogens is 394 g/mol. The number of likely N-dealkylation sites (N-methyl/N-ethyl adjacent to an activating group) is 1. The molecule has 1 unspecified atom stereocenters. The van der Waals surface area contributed by atoms with Crippen LogP contribution in [0.5, 0.6) is 5.75 Å². The number of hydrogen-bond acceptors (Lipinski definition) is 5. The van der Waals surface area contributed by atoms with Crippen LogP contribution >= 0.6 is 11.3 Å². The largest absolute Gasteiger partial charge is 0.497 e. The van der Waals surface area contributed by atoms with E-state index in [0.29, 0.717) is 13.1 Å². The van der Waals surface area contributed by atoms with Gasteiger partial charge in [-0.3, -0.25) is 9.69 Å². The Morgan fingerprint density at radius 1 is 1.17 bits per heavy atom. The molecule has 158 valence electrons. The minimum absolute atomic E-state index is 0.148. The summed E-state index contributed by atoms with van der Waals surface area (Å²) < 4.78 is 6.47. The van der Waals surface area contributed by atoms with Crippen molar-refractivity contribution in [3.8, 4) is 5.75 Å². The van der Waals surface area contributed by atoms with Crippen LogP contribution in [-0.2, 0) is 11.3 Å². The van der Waals surface area contributed by atoms with Gasteiger partial charge < -0.3 is 9.64 Å². The van der Waals surface area contributed by atoms with Crippen molar-refractivity contribution in [1.82, 2.24) is 14.8 Å². The zero-order chi connectivity index (χ0) is 20.9. The Labute approximate surface area is 182 Å². The highest BCUT2D eigenvalue weighted by molar-refractivity contribution is 7.18. The summed E-state index contributed by atoms with van der Waals surface area (Å²) in [6.07, 6.45) is 4.64. The van der Waals surface area contributed by atoms with Crippen LogP contribution < -0.4 is 4.74 Å². The molecule has 0 radical (unpaired) electrons. The average Bonchev–Trinajstić information content (AvgIpc) is 3.03. The number of nitrogens with zero attached hydrogens (tertiary/aromatic N) is 3. The van der Waals surface area contributed by atoms with Crippen molar-refractivity contribution >= 4 is 27.5 Å². The number of aromatic nitrogens is 1. The predicted octanol–water partition coefficient (Wildman–Crippen LogP) is 4.88. The lowest BCUT2D eigenvalue weighted by Crippen LogP contribution is -2.40. The molecule has 30 heavy (non-hydrogen) atoms. The lowest BCUT2D eigenvalue weighted by molar-refractivity contribution is -0.132. The van der Waals surface area contributed by atoms with E-state index < -0.39 is 0 Å². The Morgan fingerprint density at radius 2 is 1.97 bits per heavy atom. The highest BCUT2D eigenvalue weighted by Gasteiger charge is 2.26. The van der Waals surface area contributed by atoms with E-state index in [-0.39, 0.29) is 11.9 Å². The number of thiazole rings is 1. The molecule has 2 heterocycles. The monoisotopic (exact) mass is 423 g/mol. The van der Waals surface area contributed by atoms with Crippen molar-refractivity contribution in [2.75, 3.05) is 27.2 Å². The fourth-order valence-corrected chi connectivity index (χ4v) is 5.15. The quantitative estimate of drug-likeness (QED) is 0.567. The van der Waals surface area contributed by atoms with Gasteiger partial charge in [-0.05, 0) is 49.2 Å². The fraction of sp³-hybridized carbons (Fsp3) is 0.417. The van der Waals surface area contributed by atoms with Crippen LogP contribution in [0.3, 0.4) is 0 Å². The van der Waals surface area contributed by atoms with Crippen LogP contribution in [0.2, 0.25) is 0 Å². The van der Waals surface area contributed by atoms with E-state index in [2.05, 4.69) is 28.1 Å². The summed E-state index contributed by atoms with van der Waals surface area (Å²) >= 11 is 1.66. The standard InChI is InChI=1S/C24H29N3O2S/c1-26(16-23-25-20-8-5-6-10-22(20)30-23)24(28)17-27-15-7-3-4-9-21(27)18-11-13-19(29-2)14-12-18/h5-6,8,10-14,21H,3-4,7,9,15-17H2,1-2H3. The van der Waals surface area contributed by atoms with Crippen LogP contribution in [-0.4, -0.2) is 47.9 Å². The Kier molecular flexibility index (Phi) is 6.65. The van der Waals surface area contributed by atoms with Crippen molar-refractivity contribution < 1.29 is 9.53 Å². The number of fused-ring (bicyclic) bond motifs is 1. The summed E-state index contributed by atoms with van der Waals surface area (Å²) in [6, 6.07) is 16.7. The molecule has 1 aromatic heterocycles. The first-order chi connectivity index (χ1) is 14.6. The van der Waals surface area contributed by atoms with Gasteiger partial charge in [-0.25, -0.2) is 4.98 Å². The number of para-hydroxylation sites is 1. The molecule has 6 heteroatoms. The van der Waals surface area contributed by atoms with E-state index in [1.165, 1.54) is 23.1 Å². The molecule has 0 aliphatic carbocycles. The summed E-state index contributed by atoms with van der Waals surface area (Å²) in [7, 11) is 3.57. The lowest BCUT2D eigenvalue weighted by atomic mass is 10.0. The van der Waals surface area contributed by atoms with Crippen LogP contribution in [0.25, 0.3) is 10.2 Å². The van der Waals surface area contributed by atoms with Crippen LogP contribution in [0.1, 0.15) is 42.3 Å². The summed E-state index contributed by atoms with van der Waals surface area (Å²) in [4.78, 5) is 21.9. The summed E-state index contributed by atoms with van der Waals surface area (Å²) in [5, 5.41) is 0.981. The van der Waals surface area contributed by atoms with Crippen molar-refractivity contribution in [2.24, 2.45) is 0 Å². The highest BCUT2D eigenvalue weighted by Crippen LogP contribution is 2.31. The number of rotatable bonds is 6. The number of amides is 1.